The van der Waals surface area contributed by atoms with Crippen LogP contribution in [0.4, 0.5) is 5.69 Å². The van der Waals surface area contributed by atoms with Crippen molar-refractivity contribution in [1.82, 2.24) is 0 Å². The van der Waals surface area contributed by atoms with Gasteiger partial charge < -0.3 is 17.2 Å². The van der Waals surface area contributed by atoms with Crippen molar-refractivity contribution in [2.24, 2.45) is 22.4 Å². The van der Waals surface area contributed by atoms with Crippen LogP contribution in [0.1, 0.15) is 43.2 Å². The Bertz CT molecular complexity index is 754. The van der Waals surface area contributed by atoms with E-state index < -0.39 is 0 Å². The minimum absolute atomic E-state index is 0.194. The second kappa shape index (κ2) is 8.62. The molecule has 1 heterocycles. The van der Waals surface area contributed by atoms with Crippen LogP contribution in [-0.4, -0.2) is 25.0 Å². The molecule has 2 aliphatic rings. The number of benzene rings is 1. The quantitative estimate of drug-likeness (QED) is 0.392. The third-order valence-corrected chi connectivity index (χ3v) is 6.24. The lowest BCUT2D eigenvalue weighted by Crippen LogP contribution is -2.30. The molecule has 0 spiro atoms. The van der Waals surface area contributed by atoms with Gasteiger partial charge in [-0.3, -0.25) is 4.99 Å². The number of rotatable bonds is 7. The molecule has 1 aliphatic carbocycles. The molecule has 142 valence electrons. The standard InChI is InChI=1S/C21H30BN5/c1-2-14-5-19(6-14)27-12-18(11-23)21(26)8-16-7-15(3-4-20(16)25)17-9-22(10-17)13-24/h3-4,7,11-12,14,17,19,21H,2,5-6,8-10,23,25-26H2,1H3. The molecule has 0 aromatic heterocycles. The first-order valence-corrected chi connectivity index (χ1v) is 10.0. The summed E-state index contributed by atoms with van der Waals surface area (Å²) in [5, 5.41) is 8.98. The van der Waals surface area contributed by atoms with Gasteiger partial charge in [-0.1, -0.05) is 38.1 Å². The third-order valence-electron chi connectivity index (χ3n) is 6.24. The molecule has 1 saturated heterocycles. The van der Waals surface area contributed by atoms with Crippen molar-refractivity contribution >= 4 is 18.6 Å². The normalized spacial score (nSPS) is 24.3. The van der Waals surface area contributed by atoms with Gasteiger partial charge in [-0.25, -0.2) is 5.26 Å². The number of nitrogens with two attached hydrogens (primary N) is 3. The van der Waals surface area contributed by atoms with Crippen molar-refractivity contribution < 1.29 is 0 Å². The average Bonchev–Trinajstić information content (AvgIpc) is 2.58. The summed E-state index contributed by atoms with van der Waals surface area (Å²) in [6, 6.07) is 6.36. The van der Waals surface area contributed by atoms with Gasteiger partial charge in [0.25, 0.3) is 6.71 Å². The fourth-order valence-corrected chi connectivity index (χ4v) is 4.02. The minimum atomic E-state index is -0.230. The van der Waals surface area contributed by atoms with Gasteiger partial charge in [0.2, 0.25) is 0 Å². The molecule has 3 rings (SSSR count). The number of anilines is 1. The first kappa shape index (κ1) is 19.5. The maximum absolute atomic E-state index is 8.98. The third kappa shape index (κ3) is 4.54. The second-order valence-corrected chi connectivity index (χ2v) is 8.11. The number of hydrogen-bond donors (Lipinski definition) is 3. The van der Waals surface area contributed by atoms with Crippen LogP contribution in [0.5, 0.6) is 0 Å². The zero-order chi connectivity index (χ0) is 19.4. The predicted octanol–water partition coefficient (Wildman–Crippen LogP) is 2.90. The molecule has 27 heavy (non-hydrogen) atoms. The first-order chi connectivity index (χ1) is 13.0. The number of nitrogen functional groups attached to an aromatic ring is 1. The van der Waals surface area contributed by atoms with Crippen LogP contribution in [0.3, 0.4) is 0 Å². The lowest BCUT2D eigenvalue weighted by molar-refractivity contribution is 0.260. The maximum Gasteiger partial charge on any atom is 0.269 e. The fourth-order valence-electron chi connectivity index (χ4n) is 4.02. The van der Waals surface area contributed by atoms with Gasteiger partial charge in [-0.2, -0.15) is 0 Å². The Balaban J connectivity index is 1.61. The highest BCUT2D eigenvalue weighted by atomic mass is 14.8. The Kier molecular flexibility index (Phi) is 6.23. The summed E-state index contributed by atoms with van der Waals surface area (Å²) in [7, 11) is 0. The van der Waals surface area contributed by atoms with Crippen molar-refractivity contribution in [2.75, 3.05) is 5.73 Å². The lowest BCUT2D eigenvalue weighted by atomic mass is 9.32. The lowest BCUT2D eigenvalue weighted by Gasteiger charge is -2.31. The van der Waals surface area contributed by atoms with Gasteiger partial charge in [0.15, 0.2) is 0 Å². The van der Waals surface area contributed by atoms with Crippen LogP contribution in [0.2, 0.25) is 12.6 Å². The molecule has 6 heteroatoms. The largest absolute Gasteiger partial charge is 0.404 e. The van der Waals surface area contributed by atoms with E-state index in [1.54, 1.807) is 6.20 Å². The van der Waals surface area contributed by atoms with Gasteiger partial charge in [0, 0.05) is 35.7 Å². The summed E-state index contributed by atoms with van der Waals surface area (Å²) in [5.41, 5.74) is 22.3. The van der Waals surface area contributed by atoms with E-state index in [4.69, 9.17) is 22.5 Å². The molecule has 5 nitrogen and oxygen atoms in total. The van der Waals surface area contributed by atoms with Crippen LogP contribution >= 0.6 is 0 Å². The molecule has 0 bridgehead atoms. The minimum Gasteiger partial charge on any atom is -0.404 e. The van der Waals surface area contributed by atoms with Crippen LogP contribution in [0, 0.1) is 17.1 Å². The van der Waals surface area contributed by atoms with Crippen molar-refractivity contribution in [3.05, 3.63) is 41.1 Å². The van der Waals surface area contributed by atoms with E-state index in [1.165, 1.54) is 24.8 Å². The van der Waals surface area contributed by atoms with Gasteiger partial charge >= 0.3 is 0 Å². The van der Waals surface area contributed by atoms with E-state index in [-0.39, 0.29) is 12.8 Å². The number of hydrogen-bond acceptors (Lipinski definition) is 5. The maximum atomic E-state index is 8.98. The molecule has 2 fully saturated rings. The number of nitriles is 1. The molecular weight excluding hydrogens is 333 g/mol. The summed E-state index contributed by atoms with van der Waals surface area (Å²) in [6.07, 6.45) is 9.49. The molecular formula is C21H30BN5. The molecule has 1 aromatic carbocycles. The van der Waals surface area contributed by atoms with E-state index in [2.05, 4.69) is 30.0 Å². The second-order valence-electron chi connectivity index (χ2n) is 8.11. The number of nitrogens with zero attached hydrogens (tertiary/aromatic N) is 2. The Hall–Kier alpha value is -2.26. The van der Waals surface area contributed by atoms with Crippen LogP contribution in [-0.2, 0) is 6.42 Å². The highest BCUT2D eigenvalue weighted by molar-refractivity contribution is 6.70. The van der Waals surface area contributed by atoms with E-state index in [0.29, 0.717) is 18.4 Å². The molecule has 1 unspecified atom stereocenters. The highest BCUT2D eigenvalue weighted by Crippen LogP contribution is 2.38. The summed E-state index contributed by atoms with van der Waals surface area (Å²) >= 11 is 0. The smallest absolute Gasteiger partial charge is 0.269 e. The fraction of sp³-hybridized carbons (Fsp3) is 0.524. The van der Waals surface area contributed by atoms with Gasteiger partial charge in [0.05, 0.1) is 6.04 Å². The highest BCUT2D eigenvalue weighted by Gasteiger charge is 2.34. The van der Waals surface area contributed by atoms with E-state index in [9.17, 15) is 0 Å². The summed E-state index contributed by atoms with van der Waals surface area (Å²) < 4.78 is 0. The Morgan fingerprint density at radius 2 is 2.15 bits per heavy atom. The molecule has 1 saturated carbocycles. The molecule has 0 radical (unpaired) electrons. The molecule has 1 aromatic rings. The topological polar surface area (TPSA) is 114 Å². The molecule has 1 aliphatic heterocycles. The van der Waals surface area contributed by atoms with Crippen LogP contribution in [0.25, 0.3) is 0 Å². The van der Waals surface area contributed by atoms with Crippen molar-refractivity contribution in [2.45, 2.75) is 63.2 Å². The molecule has 0 amide bonds. The van der Waals surface area contributed by atoms with E-state index in [0.717, 1.165) is 35.4 Å². The van der Waals surface area contributed by atoms with E-state index >= 15 is 0 Å². The van der Waals surface area contributed by atoms with Crippen LogP contribution < -0.4 is 17.2 Å². The van der Waals surface area contributed by atoms with Gasteiger partial charge in [-0.15, -0.1) is 0 Å². The number of aliphatic imine (C=N–C) groups is 1. The SMILES string of the molecule is CCC1CC(N=CC(=CN)C(N)Cc2cc(C3CB(C#N)C3)ccc2N)C1. The molecule has 6 N–H and O–H groups in total. The average molecular weight is 363 g/mol. The zero-order valence-electron chi connectivity index (χ0n) is 16.1. The van der Waals surface area contributed by atoms with Crippen molar-refractivity contribution in [3.63, 3.8) is 0 Å². The Morgan fingerprint density at radius 1 is 1.41 bits per heavy atom. The Labute approximate surface area is 162 Å². The summed E-state index contributed by atoms with van der Waals surface area (Å²) in [6.45, 7) is 2.42. The molecule has 1 atom stereocenters. The summed E-state index contributed by atoms with van der Waals surface area (Å²) in [4.78, 5) is 4.65. The van der Waals surface area contributed by atoms with Crippen LogP contribution in [0.15, 0.2) is 35.0 Å². The zero-order valence-corrected chi connectivity index (χ0v) is 16.1. The van der Waals surface area contributed by atoms with Gasteiger partial charge in [-0.05, 0) is 48.3 Å². The predicted molar refractivity (Wildman–Crippen MR) is 114 cm³/mol. The van der Waals surface area contributed by atoms with E-state index in [1.807, 2.05) is 12.3 Å². The summed E-state index contributed by atoms with van der Waals surface area (Å²) in [5.74, 6) is 3.62. The Morgan fingerprint density at radius 3 is 2.78 bits per heavy atom. The first-order valence-electron chi connectivity index (χ1n) is 10.0. The van der Waals surface area contributed by atoms with Crippen molar-refractivity contribution in [1.29, 1.82) is 5.26 Å². The van der Waals surface area contributed by atoms with Gasteiger partial charge in [0.1, 0.15) is 0 Å². The monoisotopic (exact) mass is 363 g/mol. The van der Waals surface area contributed by atoms with Crippen molar-refractivity contribution in [3.8, 4) is 5.97 Å².